The van der Waals surface area contributed by atoms with Crippen molar-refractivity contribution < 1.29 is 24.9 Å². The molecule has 11 unspecified atom stereocenters. The number of hydrogen-bond acceptors (Lipinski definition) is 5. The Bertz CT molecular complexity index is 1230. The third-order valence-electron chi connectivity index (χ3n) is 12.5. The molecule has 0 aliphatic heterocycles. The third kappa shape index (κ3) is 4.96. The number of fused-ring (bicyclic) bond motifs is 5. The van der Waals surface area contributed by atoms with E-state index in [-0.39, 0.29) is 46.8 Å². The van der Waals surface area contributed by atoms with Crippen LogP contribution in [-0.4, -0.2) is 39.6 Å². The van der Waals surface area contributed by atoms with Crippen molar-refractivity contribution in [2.45, 2.75) is 96.9 Å². The Morgan fingerprint density at radius 3 is 2.44 bits per heavy atom. The molecule has 0 bridgehead atoms. The van der Waals surface area contributed by atoms with E-state index in [0.717, 1.165) is 62.5 Å². The monoisotopic (exact) mass is 560 g/mol. The lowest BCUT2D eigenvalue weighted by molar-refractivity contribution is -0.207. The Balaban J connectivity index is 1.13. The van der Waals surface area contributed by atoms with Gasteiger partial charge in [0.1, 0.15) is 5.75 Å². The quantitative estimate of drug-likeness (QED) is 0.272. The summed E-state index contributed by atoms with van der Waals surface area (Å²) in [6, 6.07) is 17.7. The largest absolute Gasteiger partial charge is 0.426 e. The minimum Gasteiger partial charge on any atom is -0.426 e. The summed E-state index contributed by atoms with van der Waals surface area (Å²) in [6.07, 6.45) is 6.18. The van der Waals surface area contributed by atoms with Crippen LogP contribution in [0.5, 0.6) is 5.75 Å². The Morgan fingerprint density at radius 2 is 1.66 bits per heavy atom. The normalized spacial score (nSPS) is 40.6. The van der Waals surface area contributed by atoms with Crippen LogP contribution in [0.25, 0.3) is 11.1 Å². The molecular formula is C36H48O5. The van der Waals surface area contributed by atoms with E-state index in [0.29, 0.717) is 29.9 Å². The summed E-state index contributed by atoms with van der Waals surface area (Å²) >= 11 is 0. The van der Waals surface area contributed by atoms with Gasteiger partial charge in [0, 0.05) is 12.0 Å². The fourth-order valence-corrected chi connectivity index (χ4v) is 10.3. The van der Waals surface area contributed by atoms with E-state index in [1.54, 1.807) is 0 Å². The van der Waals surface area contributed by atoms with Gasteiger partial charge in [0.2, 0.25) is 0 Å². The number of rotatable bonds is 6. The summed E-state index contributed by atoms with van der Waals surface area (Å²) in [4.78, 5) is 13.0. The molecule has 4 saturated carbocycles. The molecule has 41 heavy (non-hydrogen) atoms. The molecule has 0 heterocycles. The van der Waals surface area contributed by atoms with Gasteiger partial charge in [-0.15, -0.1) is 0 Å². The molecule has 2 aromatic rings. The van der Waals surface area contributed by atoms with E-state index in [4.69, 9.17) is 4.74 Å². The summed E-state index contributed by atoms with van der Waals surface area (Å²) in [5.41, 5.74) is 1.75. The van der Waals surface area contributed by atoms with Crippen LogP contribution in [0, 0.1) is 46.3 Å². The molecule has 6 rings (SSSR count). The SMILES string of the molecule is CC(CCC(=O)Oc1ccccc1-c1ccccc1)C1CCC2C3C(O)CC4CC(O)CCC4(C)C3CC(O)C12C. The lowest BCUT2D eigenvalue weighted by Gasteiger charge is -2.63. The Kier molecular flexibility index (Phi) is 7.84. The average Bonchev–Trinajstić information content (AvgIpc) is 3.32. The second kappa shape index (κ2) is 11.1. The molecule has 11 atom stereocenters. The number of esters is 1. The molecule has 2 aromatic carbocycles. The third-order valence-corrected chi connectivity index (χ3v) is 12.5. The lowest BCUT2D eigenvalue weighted by atomic mass is 9.43. The summed E-state index contributed by atoms with van der Waals surface area (Å²) < 4.78 is 5.88. The number of carbonyl (C=O) groups is 1. The predicted octanol–water partition coefficient (Wildman–Crippen LogP) is 6.64. The molecule has 4 aliphatic carbocycles. The van der Waals surface area contributed by atoms with Crippen LogP contribution in [0.2, 0.25) is 0 Å². The van der Waals surface area contributed by atoms with E-state index < -0.39 is 6.10 Å². The second-order valence-electron chi connectivity index (χ2n) is 14.4. The van der Waals surface area contributed by atoms with E-state index in [1.807, 2.05) is 54.6 Å². The molecule has 0 aromatic heterocycles. The molecule has 0 amide bonds. The number of benzene rings is 2. The first-order valence-corrected chi connectivity index (χ1v) is 16.0. The van der Waals surface area contributed by atoms with E-state index in [2.05, 4.69) is 20.8 Å². The first kappa shape index (κ1) is 28.9. The molecule has 5 nitrogen and oxygen atoms in total. The number of aliphatic hydroxyl groups is 3. The maximum Gasteiger partial charge on any atom is 0.311 e. The highest BCUT2D eigenvalue weighted by atomic mass is 16.5. The maximum atomic E-state index is 13.0. The van der Waals surface area contributed by atoms with Gasteiger partial charge in [0.15, 0.2) is 0 Å². The van der Waals surface area contributed by atoms with Crippen LogP contribution >= 0.6 is 0 Å². The van der Waals surface area contributed by atoms with Crippen molar-refractivity contribution >= 4 is 5.97 Å². The summed E-state index contributed by atoms with van der Waals surface area (Å²) in [5.74, 6) is 2.06. The highest BCUT2D eigenvalue weighted by Crippen LogP contribution is 2.68. The van der Waals surface area contributed by atoms with E-state index >= 15 is 0 Å². The minimum absolute atomic E-state index is 0.0783. The molecule has 0 spiro atoms. The van der Waals surface area contributed by atoms with Crippen molar-refractivity contribution in [3.05, 3.63) is 54.6 Å². The Hall–Kier alpha value is -2.21. The molecule has 4 aliphatic rings. The van der Waals surface area contributed by atoms with Gasteiger partial charge in [-0.05, 0) is 109 Å². The summed E-state index contributed by atoms with van der Waals surface area (Å²) in [7, 11) is 0. The fraction of sp³-hybridized carbons (Fsp3) is 0.639. The molecule has 0 saturated heterocycles. The van der Waals surface area contributed by atoms with Crippen LogP contribution in [-0.2, 0) is 4.79 Å². The maximum absolute atomic E-state index is 13.0. The summed E-state index contributed by atoms with van der Waals surface area (Å²) in [5, 5.41) is 33.7. The van der Waals surface area contributed by atoms with Crippen LogP contribution in [0.15, 0.2) is 54.6 Å². The van der Waals surface area contributed by atoms with Crippen molar-refractivity contribution in [3.63, 3.8) is 0 Å². The van der Waals surface area contributed by atoms with E-state index in [1.165, 1.54) is 0 Å². The standard InChI is InChI=1S/C36H48O5/c1-22(13-16-33(40)41-31-12-8-7-11-26(31)23-9-5-4-6-10-23)27-14-15-28-34-29(21-32(39)36(27,28)3)35(2)18-17-25(37)19-24(35)20-30(34)38/h4-12,22,24-25,27-30,32,34,37-39H,13-21H2,1-3H3. The highest BCUT2D eigenvalue weighted by Gasteiger charge is 2.65. The number of hydrogen-bond donors (Lipinski definition) is 3. The minimum atomic E-state index is -0.414. The molecule has 5 heteroatoms. The number of para-hydroxylation sites is 1. The van der Waals surface area contributed by atoms with Gasteiger partial charge in [0.05, 0.1) is 18.3 Å². The van der Waals surface area contributed by atoms with Crippen molar-refractivity contribution in [3.8, 4) is 16.9 Å². The predicted molar refractivity (Wildman–Crippen MR) is 160 cm³/mol. The van der Waals surface area contributed by atoms with Crippen LogP contribution in [0.1, 0.15) is 78.6 Å². The van der Waals surface area contributed by atoms with E-state index in [9.17, 15) is 20.1 Å². The Morgan fingerprint density at radius 1 is 0.927 bits per heavy atom. The van der Waals surface area contributed by atoms with Crippen LogP contribution in [0.3, 0.4) is 0 Å². The number of carbonyl (C=O) groups excluding carboxylic acids is 1. The van der Waals surface area contributed by atoms with Crippen LogP contribution in [0.4, 0.5) is 0 Å². The zero-order chi connectivity index (χ0) is 28.9. The van der Waals surface area contributed by atoms with Gasteiger partial charge in [-0.1, -0.05) is 69.3 Å². The topological polar surface area (TPSA) is 87.0 Å². The van der Waals surface area contributed by atoms with Gasteiger partial charge in [-0.3, -0.25) is 4.79 Å². The van der Waals surface area contributed by atoms with Crippen molar-refractivity contribution in [1.29, 1.82) is 0 Å². The molecule has 222 valence electrons. The molecular weight excluding hydrogens is 512 g/mol. The summed E-state index contributed by atoms with van der Waals surface area (Å²) in [6.45, 7) is 6.88. The Labute approximate surface area is 245 Å². The number of ether oxygens (including phenoxy) is 1. The first-order chi connectivity index (χ1) is 19.6. The van der Waals surface area contributed by atoms with Crippen molar-refractivity contribution in [2.24, 2.45) is 46.3 Å². The molecule has 4 fully saturated rings. The average molecular weight is 561 g/mol. The van der Waals surface area contributed by atoms with Gasteiger partial charge < -0.3 is 20.1 Å². The first-order valence-electron chi connectivity index (χ1n) is 16.0. The number of aliphatic hydroxyl groups excluding tert-OH is 3. The van der Waals surface area contributed by atoms with Crippen LogP contribution < -0.4 is 4.74 Å². The smallest absolute Gasteiger partial charge is 0.311 e. The zero-order valence-electron chi connectivity index (χ0n) is 24.9. The van der Waals surface area contributed by atoms with Gasteiger partial charge in [-0.2, -0.15) is 0 Å². The van der Waals surface area contributed by atoms with Gasteiger partial charge >= 0.3 is 5.97 Å². The molecule has 0 radical (unpaired) electrons. The van der Waals surface area contributed by atoms with Crippen molar-refractivity contribution in [1.82, 2.24) is 0 Å². The zero-order valence-corrected chi connectivity index (χ0v) is 24.9. The second-order valence-corrected chi connectivity index (χ2v) is 14.4. The van der Waals surface area contributed by atoms with Gasteiger partial charge in [-0.25, -0.2) is 0 Å². The molecule has 3 N–H and O–H groups in total. The van der Waals surface area contributed by atoms with Crippen molar-refractivity contribution in [2.75, 3.05) is 0 Å². The fourth-order valence-electron chi connectivity index (χ4n) is 10.3. The lowest BCUT2D eigenvalue weighted by Crippen LogP contribution is -2.62. The highest BCUT2D eigenvalue weighted by molar-refractivity contribution is 5.78. The van der Waals surface area contributed by atoms with Gasteiger partial charge in [0.25, 0.3) is 0 Å².